The van der Waals surface area contributed by atoms with Gasteiger partial charge in [-0.1, -0.05) is 6.42 Å². The van der Waals surface area contributed by atoms with E-state index in [2.05, 4.69) is 23.3 Å². The molecule has 1 unspecified atom stereocenters. The SMILES string of the molecule is CCOc1ccc(NCC2CCCCN2C)cc1OCC. The molecule has 1 heterocycles. The van der Waals surface area contributed by atoms with Crippen molar-refractivity contribution in [1.29, 1.82) is 0 Å². The van der Waals surface area contributed by atoms with Crippen LogP contribution in [0.3, 0.4) is 0 Å². The predicted octanol–water partition coefficient (Wildman–Crippen LogP) is 3.38. The molecule has 4 heteroatoms. The van der Waals surface area contributed by atoms with Gasteiger partial charge >= 0.3 is 0 Å². The highest BCUT2D eigenvalue weighted by Gasteiger charge is 2.18. The summed E-state index contributed by atoms with van der Waals surface area (Å²) in [7, 11) is 2.22. The van der Waals surface area contributed by atoms with E-state index in [0.717, 1.165) is 23.7 Å². The maximum absolute atomic E-state index is 5.67. The van der Waals surface area contributed by atoms with Gasteiger partial charge in [-0.2, -0.15) is 0 Å². The second-order valence-corrected chi connectivity index (χ2v) is 5.54. The second kappa shape index (κ2) is 8.13. The van der Waals surface area contributed by atoms with Crippen LogP contribution in [0.15, 0.2) is 18.2 Å². The Labute approximate surface area is 128 Å². The molecular weight excluding hydrogens is 264 g/mol. The van der Waals surface area contributed by atoms with E-state index in [1.807, 2.05) is 26.0 Å². The fourth-order valence-corrected chi connectivity index (χ4v) is 2.80. The van der Waals surface area contributed by atoms with Crippen molar-refractivity contribution in [3.8, 4) is 11.5 Å². The maximum atomic E-state index is 5.67. The topological polar surface area (TPSA) is 33.7 Å². The van der Waals surface area contributed by atoms with Crippen LogP contribution in [0.4, 0.5) is 5.69 Å². The van der Waals surface area contributed by atoms with Crippen LogP contribution in [0.1, 0.15) is 33.1 Å². The molecule has 0 radical (unpaired) electrons. The van der Waals surface area contributed by atoms with Crippen molar-refractivity contribution in [2.24, 2.45) is 0 Å². The summed E-state index contributed by atoms with van der Waals surface area (Å²) in [6.07, 6.45) is 3.94. The fourth-order valence-electron chi connectivity index (χ4n) is 2.80. The van der Waals surface area contributed by atoms with Crippen LogP contribution in [-0.4, -0.2) is 44.3 Å². The summed E-state index contributed by atoms with van der Waals surface area (Å²) in [5.74, 6) is 1.64. The van der Waals surface area contributed by atoms with Crippen LogP contribution in [0, 0.1) is 0 Å². The van der Waals surface area contributed by atoms with E-state index in [1.54, 1.807) is 0 Å². The summed E-state index contributed by atoms with van der Waals surface area (Å²) in [6.45, 7) is 7.47. The summed E-state index contributed by atoms with van der Waals surface area (Å²) in [6, 6.07) is 6.72. The van der Waals surface area contributed by atoms with Crippen molar-refractivity contribution in [3.63, 3.8) is 0 Å². The lowest BCUT2D eigenvalue weighted by Crippen LogP contribution is -2.40. The lowest BCUT2D eigenvalue weighted by atomic mass is 10.0. The summed E-state index contributed by atoms with van der Waals surface area (Å²) in [5.41, 5.74) is 1.10. The minimum atomic E-state index is 0.626. The third-order valence-corrected chi connectivity index (χ3v) is 4.01. The van der Waals surface area contributed by atoms with Gasteiger partial charge < -0.3 is 19.7 Å². The first kappa shape index (κ1) is 16.0. The van der Waals surface area contributed by atoms with Crippen molar-refractivity contribution in [2.75, 3.05) is 38.7 Å². The standard InChI is InChI=1S/C17H28N2O2/c1-4-20-16-10-9-14(12-17(16)21-5-2)18-13-15-8-6-7-11-19(15)3/h9-10,12,15,18H,4-8,11,13H2,1-3H3. The number of likely N-dealkylation sites (N-methyl/N-ethyl adjacent to an activating group) is 1. The Bertz CT molecular complexity index is 437. The Hall–Kier alpha value is -1.42. The van der Waals surface area contributed by atoms with Crippen LogP contribution in [0.2, 0.25) is 0 Å². The van der Waals surface area contributed by atoms with Gasteiger partial charge in [0.25, 0.3) is 0 Å². The van der Waals surface area contributed by atoms with Crippen LogP contribution in [-0.2, 0) is 0 Å². The maximum Gasteiger partial charge on any atom is 0.163 e. The van der Waals surface area contributed by atoms with Crippen LogP contribution >= 0.6 is 0 Å². The smallest absolute Gasteiger partial charge is 0.163 e. The first-order valence-electron chi connectivity index (χ1n) is 8.08. The van der Waals surface area contributed by atoms with Gasteiger partial charge in [0, 0.05) is 24.3 Å². The van der Waals surface area contributed by atoms with Crippen molar-refractivity contribution in [1.82, 2.24) is 4.90 Å². The molecule has 0 amide bonds. The molecule has 0 aliphatic carbocycles. The van der Waals surface area contributed by atoms with Gasteiger partial charge in [0.1, 0.15) is 0 Å². The van der Waals surface area contributed by atoms with E-state index in [0.29, 0.717) is 19.3 Å². The molecule has 4 nitrogen and oxygen atoms in total. The van der Waals surface area contributed by atoms with E-state index >= 15 is 0 Å². The molecule has 2 rings (SSSR count). The zero-order valence-corrected chi connectivity index (χ0v) is 13.5. The highest BCUT2D eigenvalue weighted by molar-refractivity contribution is 5.54. The van der Waals surface area contributed by atoms with Crippen LogP contribution < -0.4 is 14.8 Å². The van der Waals surface area contributed by atoms with Crippen molar-refractivity contribution in [2.45, 2.75) is 39.2 Å². The quantitative estimate of drug-likeness (QED) is 0.835. The van der Waals surface area contributed by atoms with Crippen molar-refractivity contribution < 1.29 is 9.47 Å². The Morgan fingerprint density at radius 2 is 1.90 bits per heavy atom. The Balaban J connectivity index is 1.97. The largest absolute Gasteiger partial charge is 0.490 e. The number of nitrogens with zero attached hydrogens (tertiary/aromatic N) is 1. The summed E-state index contributed by atoms with van der Waals surface area (Å²) < 4.78 is 11.3. The van der Waals surface area contributed by atoms with Gasteiger partial charge in [0.05, 0.1) is 13.2 Å². The van der Waals surface area contributed by atoms with Gasteiger partial charge in [0.15, 0.2) is 11.5 Å². The monoisotopic (exact) mass is 292 g/mol. The summed E-state index contributed by atoms with van der Waals surface area (Å²) in [4.78, 5) is 2.45. The van der Waals surface area contributed by atoms with E-state index in [9.17, 15) is 0 Å². The number of hydrogen-bond acceptors (Lipinski definition) is 4. The summed E-state index contributed by atoms with van der Waals surface area (Å²) >= 11 is 0. The minimum Gasteiger partial charge on any atom is -0.490 e. The number of piperidine rings is 1. The Morgan fingerprint density at radius 1 is 1.14 bits per heavy atom. The molecule has 1 saturated heterocycles. The van der Waals surface area contributed by atoms with Gasteiger partial charge in [0.2, 0.25) is 0 Å². The average Bonchev–Trinajstić information content (AvgIpc) is 2.49. The molecular formula is C17H28N2O2. The average molecular weight is 292 g/mol. The molecule has 1 N–H and O–H groups in total. The highest BCUT2D eigenvalue weighted by Crippen LogP contribution is 2.30. The molecule has 1 aromatic rings. The molecule has 1 aliphatic heterocycles. The normalized spacial score (nSPS) is 19.3. The Morgan fingerprint density at radius 3 is 2.62 bits per heavy atom. The molecule has 0 aromatic heterocycles. The predicted molar refractivity (Wildman–Crippen MR) is 87.5 cm³/mol. The first-order chi connectivity index (χ1) is 10.2. The second-order valence-electron chi connectivity index (χ2n) is 5.54. The molecule has 0 saturated carbocycles. The van der Waals surface area contributed by atoms with E-state index in [-0.39, 0.29) is 0 Å². The molecule has 0 bridgehead atoms. The number of ether oxygens (including phenoxy) is 2. The zero-order valence-electron chi connectivity index (χ0n) is 13.5. The van der Waals surface area contributed by atoms with E-state index in [1.165, 1.54) is 25.8 Å². The number of anilines is 1. The molecule has 1 aromatic carbocycles. The molecule has 118 valence electrons. The molecule has 1 fully saturated rings. The lowest BCUT2D eigenvalue weighted by molar-refractivity contribution is 0.194. The number of rotatable bonds is 7. The Kier molecular flexibility index (Phi) is 6.18. The minimum absolute atomic E-state index is 0.626. The van der Waals surface area contributed by atoms with Gasteiger partial charge in [-0.15, -0.1) is 0 Å². The van der Waals surface area contributed by atoms with E-state index in [4.69, 9.17) is 9.47 Å². The third kappa shape index (κ3) is 4.53. The van der Waals surface area contributed by atoms with Crippen molar-refractivity contribution >= 4 is 5.69 Å². The molecule has 21 heavy (non-hydrogen) atoms. The fraction of sp³-hybridized carbons (Fsp3) is 0.647. The molecule has 0 spiro atoms. The number of likely N-dealkylation sites (tertiary alicyclic amines) is 1. The molecule has 1 atom stereocenters. The number of hydrogen-bond donors (Lipinski definition) is 1. The van der Waals surface area contributed by atoms with Crippen LogP contribution in [0.25, 0.3) is 0 Å². The third-order valence-electron chi connectivity index (χ3n) is 4.01. The van der Waals surface area contributed by atoms with Crippen molar-refractivity contribution in [3.05, 3.63) is 18.2 Å². The zero-order chi connectivity index (χ0) is 15.1. The number of benzene rings is 1. The number of nitrogens with one attached hydrogen (secondary N) is 1. The van der Waals surface area contributed by atoms with Gasteiger partial charge in [-0.05, 0) is 52.4 Å². The molecule has 1 aliphatic rings. The van der Waals surface area contributed by atoms with Gasteiger partial charge in [-0.25, -0.2) is 0 Å². The van der Waals surface area contributed by atoms with E-state index < -0.39 is 0 Å². The lowest BCUT2D eigenvalue weighted by Gasteiger charge is -2.32. The highest BCUT2D eigenvalue weighted by atomic mass is 16.5. The van der Waals surface area contributed by atoms with Crippen LogP contribution in [0.5, 0.6) is 11.5 Å². The first-order valence-corrected chi connectivity index (χ1v) is 8.08. The summed E-state index contributed by atoms with van der Waals surface area (Å²) in [5, 5.41) is 3.54. The van der Waals surface area contributed by atoms with Gasteiger partial charge in [-0.3, -0.25) is 0 Å².